The van der Waals surface area contributed by atoms with Crippen LogP contribution in [0.25, 0.3) is 0 Å². The van der Waals surface area contributed by atoms with Gasteiger partial charge in [-0.15, -0.1) is 0 Å². The summed E-state index contributed by atoms with van der Waals surface area (Å²) >= 11 is 0. The molecule has 0 saturated heterocycles. The summed E-state index contributed by atoms with van der Waals surface area (Å²) in [6, 6.07) is 11.8. The van der Waals surface area contributed by atoms with Crippen molar-refractivity contribution in [1.82, 2.24) is 9.62 Å². The van der Waals surface area contributed by atoms with Gasteiger partial charge in [0.2, 0.25) is 10.0 Å². The molecule has 0 aliphatic carbocycles. The van der Waals surface area contributed by atoms with Crippen LogP contribution >= 0.6 is 0 Å². The van der Waals surface area contributed by atoms with Crippen molar-refractivity contribution in [3.63, 3.8) is 0 Å². The van der Waals surface area contributed by atoms with Gasteiger partial charge in [0.15, 0.2) is 0 Å². The van der Waals surface area contributed by atoms with Gasteiger partial charge in [-0.3, -0.25) is 4.79 Å². The number of amides is 3. The summed E-state index contributed by atoms with van der Waals surface area (Å²) in [7, 11) is -3.52. The number of urea groups is 1. The van der Waals surface area contributed by atoms with Crippen LogP contribution in [0.4, 0.5) is 10.5 Å². The first-order chi connectivity index (χ1) is 13.7. The van der Waals surface area contributed by atoms with Crippen molar-refractivity contribution in [2.75, 3.05) is 18.4 Å². The van der Waals surface area contributed by atoms with E-state index >= 15 is 0 Å². The van der Waals surface area contributed by atoms with E-state index in [2.05, 4.69) is 10.6 Å². The summed E-state index contributed by atoms with van der Waals surface area (Å²) in [6.45, 7) is 6.19. The van der Waals surface area contributed by atoms with E-state index in [4.69, 9.17) is 5.73 Å². The molecule has 0 bridgehead atoms. The van der Waals surface area contributed by atoms with Crippen LogP contribution in [-0.4, -0.2) is 37.8 Å². The number of rotatable bonds is 8. The van der Waals surface area contributed by atoms with Crippen LogP contribution < -0.4 is 16.4 Å². The molecule has 2 aromatic rings. The fourth-order valence-corrected chi connectivity index (χ4v) is 4.34. The smallest absolute Gasteiger partial charge is 0.316 e. The van der Waals surface area contributed by atoms with E-state index in [0.29, 0.717) is 24.3 Å². The number of primary amides is 1. The van der Waals surface area contributed by atoms with Gasteiger partial charge in [-0.25, -0.2) is 13.2 Å². The maximum Gasteiger partial charge on any atom is 0.316 e. The molecule has 0 aromatic heterocycles. The lowest BCUT2D eigenvalue weighted by Gasteiger charge is -2.19. The maximum atomic E-state index is 12.6. The van der Waals surface area contributed by atoms with Crippen molar-refractivity contribution in [2.24, 2.45) is 5.73 Å². The fraction of sp³-hybridized carbons (Fsp3) is 0.300. The highest BCUT2D eigenvalue weighted by Gasteiger charge is 2.21. The number of carbonyl (C=O) groups is 2. The average molecular weight is 419 g/mol. The largest absolute Gasteiger partial charge is 0.351 e. The summed E-state index contributed by atoms with van der Waals surface area (Å²) in [5.41, 5.74) is 6.64. The Morgan fingerprint density at radius 2 is 1.69 bits per heavy atom. The van der Waals surface area contributed by atoms with Gasteiger partial charge in [0.25, 0.3) is 5.91 Å². The van der Waals surface area contributed by atoms with Crippen molar-refractivity contribution >= 4 is 27.6 Å². The minimum absolute atomic E-state index is 0.216. The number of sulfonamides is 1. The van der Waals surface area contributed by atoms with E-state index in [-0.39, 0.29) is 16.8 Å². The molecule has 8 nitrogen and oxygen atoms in total. The van der Waals surface area contributed by atoms with Crippen molar-refractivity contribution in [3.8, 4) is 0 Å². The zero-order chi connectivity index (χ0) is 21.6. The summed E-state index contributed by atoms with van der Waals surface area (Å²) in [5, 5.41) is 5.28. The normalized spacial score (nSPS) is 12.4. The number of hydrogen-bond donors (Lipinski definition) is 3. The summed E-state index contributed by atoms with van der Waals surface area (Å²) < 4.78 is 26.5. The third kappa shape index (κ3) is 5.55. The van der Waals surface area contributed by atoms with Crippen LogP contribution in [-0.2, 0) is 10.0 Å². The number of nitrogens with one attached hydrogen (secondary N) is 2. The second-order valence-electron chi connectivity index (χ2n) is 6.42. The lowest BCUT2D eigenvalue weighted by Crippen LogP contribution is -2.30. The molecule has 0 fully saturated rings. The highest BCUT2D eigenvalue weighted by Crippen LogP contribution is 2.20. The molecule has 0 radical (unpaired) electrons. The number of nitrogens with zero attached hydrogens (tertiary/aromatic N) is 1. The molecule has 0 aliphatic heterocycles. The number of benzene rings is 2. The Labute approximate surface area is 171 Å². The molecule has 0 unspecified atom stereocenters. The van der Waals surface area contributed by atoms with E-state index in [1.807, 2.05) is 0 Å². The zero-order valence-corrected chi connectivity index (χ0v) is 17.5. The minimum atomic E-state index is -3.52. The van der Waals surface area contributed by atoms with Crippen LogP contribution in [0.15, 0.2) is 53.4 Å². The lowest BCUT2D eigenvalue weighted by molar-refractivity contribution is 0.0940. The highest BCUT2D eigenvalue weighted by atomic mass is 32.2. The first-order valence-electron chi connectivity index (χ1n) is 9.26. The van der Waals surface area contributed by atoms with Gasteiger partial charge in [0.05, 0.1) is 10.9 Å². The molecule has 0 saturated carbocycles. The van der Waals surface area contributed by atoms with E-state index in [1.54, 1.807) is 63.2 Å². The zero-order valence-electron chi connectivity index (χ0n) is 16.7. The topological polar surface area (TPSA) is 122 Å². The number of hydrogen-bond acceptors (Lipinski definition) is 4. The Balaban J connectivity index is 2.12. The molecule has 0 heterocycles. The lowest BCUT2D eigenvalue weighted by atomic mass is 10.1. The second-order valence-corrected chi connectivity index (χ2v) is 8.36. The number of anilines is 1. The third-order valence-electron chi connectivity index (χ3n) is 4.46. The number of nitrogens with two attached hydrogens (primary N) is 1. The van der Waals surface area contributed by atoms with Crippen LogP contribution in [0.2, 0.25) is 0 Å². The molecule has 0 aliphatic rings. The molecule has 2 rings (SSSR count). The highest BCUT2D eigenvalue weighted by molar-refractivity contribution is 7.89. The van der Waals surface area contributed by atoms with Crippen LogP contribution in [0.3, 0.4) is 0 Å². The van der Waals surface area contributed by atoms with Crippen LogP contribution in [0.5, 0.6) is 0 Å². The van der Waals surface area contributed by atoms with E-state index in [1.165, 1.54) is 10.4 Å². The van der Waals surface area contributed by atoms with Crippen molar-refractivity contribution in [3.05, 3.63) is 59.7 Å². The first kappa shape index (κ1) is 22.4. The molecule has 4 N–H and O–H groups in total. The van der Waals surface area contributed by atoms with Gasteiger partial charge in [0.1, 0.15) is 0 Å². The van der Waals surface area contributed by atoms with Gasteiger partial charge in [0, 0.05) is 24.3 Å². The van der Waals surface area contributed by atoms with E-state index < -0.39 is 16.1 Å². The molecular weight excluding hydrogens is 392 g/mol. The van der Waals surface area contributed by atoms with Gasteiger partial charge >= 0.3 is 6.03 Å². The molecule has 29 heavy (non-hydrogen) atoms. The standard InChI is InChI=1S/C20H26N4O4S/c1-4-24(5-2)29(27,28)18-11-9-15(10-12-18)14(3)22-19(25)16-7-6-8-17(13-16)23-20(21)26/h6-14H,4-5H2,1-3H3,(H,22,25)(H3,21,23,26)/t14-/m1/s1. The second kappa shape index (κ2) is 9.53. The van der Waals surface area contributed by atoms with Gasteiger partial charge in [-0.2, -0.15) is 4.31 Å². The van der Waals surface area contributed by atoms with Crippen LogP contribution in [0, 0.1) is 0 Å². The maximum absolute atomic E-state index is 12.6. The van der Waals surface area contributed by atoms with E-state index in [0.717, 1.165) is 5.56 Å². The first-order valence-corrected chi connectivity index (χ1v) is 10.7. The van der Waals surface area contributed by atoms with Crippen molar-refractivity contribution in [1.29, 1.82) is 0 Å². The number of carbonyl (C=O) groups excluding carboxylic acids is 2. The van der Waals surface area contributed by atoms with Gasteiger partial charge in [-0.05, 0) is 42.8 Å². The fourth-order valence-electron chi connectivity index (χ4n) is 2.88. The summed E-state index contributed by atoms with van der Waals surface area (Å²) in [6.07, 6.45) is 0. The predicted octanol–water partition coefficient (Wildman–Crippen LogP) is 2.70. The quantitative estimate of drug-likeness (QED) is 0.610. The Hall–Kier alpha value is -2.91. The Kier molecular flexibility index (Phi) is 7.35. The molecule has 156 valence electrons. The molecule has 0 spiro atoms. The molecule has 1 atom stereocenters. The Morgan fingerprint density at radius 1 is 1.07 bits per heavy atom. The van der Waals surface area contributed by atoms with Crippen molar-refractivity contribution in [2.45, 2.75) is 31.7 Å². The monoisotopic (exact) mass is 418 g/mol. The Morgan fingerprint density at radius 3 is 2.24 bits per heavy atom. The molecule has 3 amide bonds. The van der Waals surface area contributed by atoms with E-state index in [9.17, 15) is 18.0 Å². The average Bonchev–Trinajstić information content (AvgIpc) is 2.68. The van der Waals surface area contributed by atoms with Gasteiger partial charge < -0.3 is 16.4 Å². The Bertz CT molecular complexity index is 970. The predicted molar refractivity (Wildman–Crippen MR) is 112 cm³/mol. The van der Waals surface area contributed by atoms with Crippen LogP contribution in [0.1, 0.15) is 42.7 Å². The van der Waals surface area contributed by atoms with Crippen molar-refractivity contribution < 1.29 is 18.0 Å². The third-order valence-corrected chi connectivity index (χ3v) is 6.53. The SMILES string of the molecule is CCN(CC)S(=O)(=O)c1ccc([C@@H](C)NC(=O)c2cccc(NC(N)=O)c2)cc1. The molecule has 2 aromatic carbocycles. The molecule has 9 heteroatoms. The minimum Gasteiger partial charge on any atom is -0.351 e. The van der Waals surface area contributed by atoms with Gasteiger partial charge in [-0.1, -0.05) is 32.0 Å². The summed E-state index contributed by atoms with van der Waals surface area (Å²) in [5.74, 6) is -0.328. The summed E-state index contributed by atoms with van der Waals surface area (Å²) in [4.78, 5) is 23.7. The molecular formula is C20H26N4O4S.